The van der Waals surface area contributed by atoms with Crippen molar-refractivity contribution in [2.75, 3.05) is 39.8 Å². The van der Waals surface area contributed by atoms with E-state index in [1.807, 2.05) is 11.9 Å². The molecule has 1 saturated heterocycles. The van der Waals surface area contributed by atoms with Crippen LogP contribution in [-0.2, 0) is 4.79 Å². The second kappa shape index (κ2) is 5.01. The maximum Gasteiger partial charge on any atom is 0.403 e. The Hall–Kier alpha value is -0.820. The summed E-state index contributed by atoms with van der Waals surface area (Å²) in [5.74, 6) is -4.08. The van der Waals surface area contributed by atoms with Gasteiger partial charge in [-0.15, -0.1) is 0 Å². The SMILES string of the molecule is CN1CCN(CC(C(=O)O)C(F)(F)F)CC1. The number of alkyl halides is 3. The Morgan fingerprint density at radius 1 is 1.31 bits per heavy atom. The van der Waals surface area contributed by atoms with Crippen LogP contribution in [0.15, 0.2) is 0 Å². The van der Waals surface area contributed by atoms with E-state index in [1.165, 1.54) is 0 Å². The van der Waals surface area contributed by atoms with E-state index >= 15 is 0 Å². The lowest BCUT2D eigenvalue weighted by molar-refractivity contribution is -0.197. The molecule has 0 spiro atoms. The standard InChI is InChI=1S/C9H15F3N2O2/c1-13-2-4-14(5-3-13)6-7(8(15)16)9(10,11)12/h7H,2-6H2,1H3,(H,15,16). The van der Waals surface area contributed by atoms with Gasteiger partial charge in [-0.05, 0) is 7.05 Å². The third-order valence-electron chi connectivity index (χ3n) is 2.73. The van der Waals surface area contributed by atoms with Gasteiger partial charge in [-0.2, -0.15) is 13.2 Å². The first-order valence-electron chi connectivity index (χ1n) is 5.01. The highest BCUT2D eigenvalue weighted by atomic mass is 19.4. The predicted molar refractivity (Wildman–Crippen MR) is 51.1 cm³/mol. The maximum atomic E-state index is 12.4. The summed E-state index contributed by atoms with van der Waals surface area (Å²) in [6.45, 7) is 1.85. The summed E-state index contributed by atoms with van der Waals surface area (Å²) < 4.78 is 37.2. The van der Waals surface area contributed by atoms with Crippen LogP contribution in [0.3, 0.4) is 0 Å². The fourth-order valence-corrected chi connectivity index (χ4v) is 1.61. The van der Waals surface area contributed by atoms with Gasteiger partial charge in [0, 0.05) is 32.7 Å². The number of likely N-dealkylation sites (N-methyl/N-ethyl adjacent to an activating group) is 1. The van der Waals surface area contributed by atoms with Crippen LogP contribution in [-0.4, -0.2) is 66.8 Å². The van der Waals surface area contributed by atoms with Gasteiger partial charge >= 0.3 is 12.1 Å². The number of nitrogens with zero attached hydrogens (tertiary/aromatic N) is 2. The van der Waals surface area contributed by atoms with E-state index in [1.54, 1.807) is 4.90 Å². The van der Waals surface area contributed by atoms with Crippen molar-refractivity contribution in [3.63, 3.8) is 0 Å². The zero-order valence-electron chi connectivity index (χ0n) is 9.00. The highest BCUT2D eigenvalue weighted by Gasteiger charge is 2.45. The van der Waals surface area contributed by atoms with Crippen molar-refractivity contribution in [2.45, 2.75) is 6.18 Å². The summed E-state index contributed by atoms with van der Waals surface area (Å²) in [6.07, 6.45) is -4.67. The Morgan fingerprint density at radius 3 is 2.19 bits per heavy atom. The van der Waals surface area contributed by atoms with Crippen LogP contribution >= 0.6 is 0 Å². The number of carboxylic acid groups (broad SMARTS) is 1. The fraction of sp³-hybridized carbons (Fsp3) is 0.889. The molecule has 1 aliphatic rings. The van der Waals surface area contributed by atoms with Crippen LogP contribution in [0.5, 0.6) is 0 Å². The largest absolute Gasteiger partial charge is 0.481 e. The Balaban J connectivity index is 2.53. The van der Waals surface area contributed by atoms with Crippen LogP contribution in [0.25, 0.3) is 0 Å². The van der Waals surface area contributed by atoms with Gasteiger partial charge in [0.25, 0.3) is 0 Å². The number of halogens is 3. The molecule has 0 amide bonds. The lowest BCUT2D eigenvalue weighted by atomic mass is 10.1. The van der Waals surface area contributed by atoms with Gasteiger partial charge in [0.15, 0.2) is 5.92 Å². The van der Waals surface area contributed by atoms with Crippen LogP contribution in [0.1, 0.15) is 0 Å². The molecule has 7 heteroatoms. The minimum Gasteiger partial charge on any atom is -0.481 e. The molecule has 1 aliphatic heterocycles. The molecule has 0 aliphatic carbocycles. The molecule has 1 atom stereocenters. The molecule has 1 heterocycles. The normalized spacial score (nSPS) is 22.0. The van der Waals surface area contributed by atoms with Crippen LogP contribution < -0.4 is 0 Å². The van der Waals surface area contributed by atoms with Gasteiger partial charge in [-0.1, -0.05) is 0 Å². The van der Waals surface area contributed by atoms with Gasteiger partial charge in [-0.3, -0.25) is 9.69 Å². The first-order valence-corrected chi connectivity index (χ1v) is 5.01. The third kappa shape index (κ3) is 3.64. The molecular formula is C9H15F3N2O2. The average Bonchev–Trinajstić information content (AvgIpc) is 2.14. The Labute approximate surface area is 91.6 Å². The molecule has 0 aromatic rings. The van der Waals surface area contributed by atoms with E-state index in [2.05, 4.69) is 0 Å². The molecule has 0 aromatic heterocycles. The molecule has 1 unspecified atom stereocenters. The number of carboxylic acids is 1. The first-order chi connectivity index (χ1) is 7.30. The monoisotopic (exact) mass is 240 g/mol. The highest BCUT2D eigenvalue weighted by Crippen LogP contribution is 2.27. The molecule has 0 bridgehead atoms. The molecule has 1 rings (SSSR count). The van der Waals surface area contributed by atoms with Gasteiger partial charge in [0.2, 0.25) is 0 Å². The molecule has 4 nitrogen and oxygen atoms in total. The average molecular weight is 240 g/mol. The minimum atomic E-state index is -4.67. The number of hydrogen-bond acceptors (Lipinski definition) is 3. The number of piperazine rings is 1. The van der Waals surface area contributed by atoms with Crippen molar-refractivity contribution in [1.29, 1.82) is 0 Å². The zero-order valence-corrected chi connectivity index (χ0v) is 9.00. The maximum absolute atomic E-state index is 12.4. The van der Waals surface area contributed by atoms with Crippen LogP contribution in [0.2, 0.25) is 0 Å². The predicted octanol–water partition coefficient (Wildman–Crippen LogP) is 0.497. The van der Waals surface area contributed by atoms with E-state index < -0.39 is 24.6 Å². The Kier molecular flexibility index (Phi) is 4.15. The van der Waals surface area contributed by atoms with Crippen LogP contribution in [0.4, 0.5) is 13.2 Å². The smallest absolute Gasteiger partial charge is 0.403 e. The topological polar surface area (TPSA) is 43.8 Å². The summed E-state index contributed by atoms with van der Waals surface area (Å²) in [5.41, 5.74) is 0. The minimum absolute atomic E-state index is 0.452. The summed E-state index contributed by atoms with van der Waals surface area (Å²) >= 11 is 0. The highest BCUT2D eigenvalue weighted by molar-refractivity contribution is 5.71. The van der Waals surface area contributed by atoms with Crippen molar-refractivity contribution >= 4 is 5.97 Å². The van der Waals surface area contributed by atoms with Crippen molar-refractivity contribution in [1.82, 2.24) is 9.80 Å². The molecule has 94 valence electrons. The van der Waals surface area contributed by atoms with E-state index in [-0.39, 0.29) is 0 Å². The number of rotatable bonds is 3. The van der Waals surface area contributed by atoms with Gasteiger partial charge in [0.1, 0.15) is 0 Å². The number of hydrogen-bond donors (Lipinski definition) is 1. The van der Waals surface area contributed by atoms with E-state index in [0.29, 0.717) is 26.2 Å². The summed E-state index contributed by atoms with van der Waals surface area (Å²) in [7, 11) is 1.88. The van der Waals surface area contributed by atoms with E-state index in [0.717, 1.165) is 0 Å². The number of aliphatic carboxylic acids is 1. The van der Waals surface area contributed by atoms with Crippen molar-refractivity contribution in [3.05, 3.63) is 0 Å². The molecule has 1 N–H and O–H groups in total. The molecular weight excluding hydrogens is 225 g/mol. The van der Waals surface area contributed by atoms with Crippen molar-refractivity contribution in [2.24, 2.45) is 5.92 Å². The third-order valence-corrected chi connectivity index (χ3v) is 2.73. The Bertz CT molecular complexity index is 250. The molecule has 0 radical (unpaired) electrons. The Morgan fingerprint density at radius 2 is 1.81 bits per heavy atom. The number of carbonyl (C=O) groups is 1. The van der Waals surface area contributed by atoms with Gasteiger partial charge in [0.05, 0.1) is 0 Å². The van der Waals surface area contributed by atoms with Gasteiger partial charge in [-0.25, -0.2) is 0 Å². The van der Waals surface area contributed by atoms with Gasteiger partial charge < -0.3 is 10.0 Å². The lowest BCUT2D eigenvalue weighted by Crippen LogP contribution is -2.49. The second-order valence-electron chi connectivity index (χ2n) is 4.04. The summed E-state index contributed by atoms with van der Waals surface area (Å²) in [5, 5.41) is 8.53. The quantitative estimate of drug-likeness (QED) is 0.780. The lowest BCUT2D eigenvalue weighted by Gasteiger charge is -2.34. The zero-order chi connectivity index (χ0) is 12.3. The first kappa shape index (κ1) is 13.2. The van der Waals surface area contributed by atoms with E-state index in [4.69, 9.17) is 5.11 Å². The van der Waals surface area contributed by atoms with Crippen LogP contribution in [0, 0.1) is 5.92 Å². The molecule has 1 fully saturated rings. The summed E-state index contributed by atoms with van der Waals surface area (Å²) in [6, 6.07) is 0. The molecule has 0 aromatic carbocycles. The van der Waals surface area contributed by atoms with E-state index in [9.17, 15) is 18.0 Å². The second-order valence-corrected chi connectivity index (χ2v) is 4.04. The molecule has 16 heavy (non-hydrogen) atoms. The van der Waals surface area contributed by atoms with Crippen molar-refractivity contribution < 1.29 is 23.1 Å². The summed E-state index contributed by atoms with van der Waals surface area (Å²) in [4.78, 5) is 14.1. The van der Waals surface area contributed by atoms with Crippen molar-refractivity contribution in [3.8, 4) is 0 Å². The fourth-order valence-electron chi connectivity index (χ4n) is 1.61. The molecule has 0 saturated carbocycles.